The zero-order chi connectivity index (χ0) is 16.4. The van der Waals surface area contributed by atoms with Crippen molar-refractivity contribution in [1.29, 1.82) is 0 Å². The SMILES string of the molecule is CC(=NSC(C)(C)C)c1cccc(C(F)(F)C(C)C)c1F. The van der Waals surface area contributed by atoms with Gasteiger partial charge in [-0.05, 0) is 39.6 Å². The summed E-state index contributed by atoms with van der Waals surface area (Å²) in [6.45, 7) is 10.3. The lowest BCUT2D eigenvalue weighted by atomic mass is 9.94. The maximum absolute atomic E-state index is 14.4. The summed E-state index contributed by atoms with van der Waals surface area (Å²) in [6.07, 6.45) is 0. The molecule has 5 heteroatoms. The van der Waals surface area contributed by atoms with E-state index in [1.807, 2.05) is 20.8 Å². The molecule has 0 aliphatic heterocycles. The van der Waals surface area contributed by atoms with Gasteiger partial charge in [-0.15, -0.1) is 0 Å². The Morgan fingerprint density at radius 3 is 2.24 bits per heavy atom. The van der Waals surface area contributed by atoms with E-state index in [9.17, 15) is 13.2 Å². The van der Waals surface area contributed by atoms with E-state index in [2.05, 4.69) is 4.40 Å². The zero-order valence-corrected chi connectivity index (χ0v) is 14.1. The van der Waals surface area contributed by atoms with Crippen molar-refractivity contribution >= 4 is 17.7 Å². The number of benzene rings is 1. The molecule has 0 aromatic heterocycles. The molecule has 0 heterocycles. The second-order valence-electron chi connectivity index (χ2n) is 6.33. The summed E-state index contributed by atoms with van der Waals surface area (Å²) >= 11 is 1.30. The summed E-state index contributed by atoms with van der Waals surface area (Å²) in [5.74, 6) is -5.05. The van der Waals surface area contributed by atoms with Gasteiger partial charge < -0.3 is 0 Å². The van der Waals surface area contributed by atoms with E-state index in [0.29, 0.717) is 5.71 Å². The minimum absolute atomic E-state index is 0.114. The molecule has 21 heavy (non-hydrogen) atoms. The third-order valence-electron chi connectivity index (χ3n) is 2.93. The van der Waals surface area contributed by atoms with Crippen molar-refractivity contribution in [2.24, 2.45) is 10.3 Å². The molecule has 0 radical (unpaired) electrons. The molecule has 1 rings (SSSR count). The lowest BCUT2D eigenvalue weighted by Gasteiger charge is -2.22. The molecule has 0 N–H and O–H groups in total. The molecule has 1 aromatic rings. The Kier molecular flexibility index (Phi) is 5.53. The third-order valence-corrected chi connectivity index (χ3v) is 3.84. The van der Waals surface area contributed by atoms with Crippen LogP contribution in [0.15, 0.2) is 22.6 Å². The van der Waals surface area contributed by atoms with Gasteiger partial charge in [-0.25, -0.2) is 17.6 Å². The lowest BCUT2D eigenvalue weighted by molar-refractivity contribution is -0.0543. The summed E-state index contributed by atoms with van der Waals surface area (Å²) in [7, 11) is 0. The Bertz CT molecular complexity index is 531. The predicted octanol–water partition coefficient (Wildman–Crippen LogP) is 5.83. The molecule has 1 aromatic carbocycles. The fraction of sp³-hybridized carbons (Fsp3) is 0.562. The monoisotopic (exact) mass is 317 g/mol. The Morgan fingerprint density at radius 1 is 1.19 bits per heavy atom. The number of alkyl halides is 2. The number of rotatable bonds is 4. The highest BCUT2D eigenvalue weighted by Crippen LogP contribution is 2.38. The van der Waals surface area contributed by atoms with Crippen LogP contribution in [0.4, 0.5) is 13.2 Å². The van der Waals surface area contributed by atoms with Crippen LogP contribution in [0.5, 0.6) is 0 Å². The average molecular weight is 317 g/mol. The molecule has 0 aliphatic rings. The van der Waals surface area contributed by atoms with E-state index in [0.717, 1.165) is 6.07 Å². The highest BCUT2D eigenvalue weighted by Gasteiger charge is 2.38. The summed E-state index contributed by atoms with van der Waals surface area (Å²) in [6, 6.07) is 4.07. The topological polar surface area (TPSA) is 12.4 Å². The summed E-state index contributed by atoms with van der Waals surface area (Å²) in [5, 5.41) is 0. The highest BCUT2D eigenvalue weighted by atomic mass is 32.2. The fourth-order valence-electron chi connectivity index (χ4n) is 1.63. The number of hydrogen-bond acceptors (Lipinski definition) is 2. The zero-order valence-electron chi connectivity index (χ0n) is 13.3. The smallest absolute Gasteiger partial charge is 0.220 e. The van der Waals surface area contributed by atoms with Crippen molar-refractivity contribution in [3.8, 4) is 0 Å². The van der Waals surface area contributed by atoms with Gasteiger partial charge in [-0.1, -0.05) is 32.0 Å². The molecular weight excluding hydrogens is 295 g/mol. The fourth-order valence-corrected chi connectivity index (χ4v) is 2.14. The molecule has 0 fully saturated rings. The van der Waals surface area contributed by atoms with E-state index in [4.69, 9.17) is 0 Å². The Hall–Kier alpha value is -0.970. The second-order valence-corrected chi connectivity index (χ2v) is 7.92. The van der Waals surface area contributed by atoms with Crippen LogP contribution in [-0.2, 0) is 5.92 Å². The van der Waals surface area contributed by atoms with E-state index in [-0.39, 0.29) is 10.3 Å². The van der Waals surface area contributed by atoms with E-state index < -0.39 is 23.2 Å². The van der Waals surface area contributed by atoms with Gasteiger partial charge >= 0.3 is 0 Å². The van der Waals surface area contributed by atoms with Gasteiger partial charge in [0.2, 0.25) is 0 Å². The molecule has 0 aliphatic carbocycles. The van der Waals surface area contributed by atoms with Crippen LogP contribution in [0.25, 0.3) is 0 Å². The molecule has 0 saturated carbocycles. The van der Waals surface area contributed by atoms with Crippen LogP contribution in [-0.4, -0.2) is 10.5 Å². The van der Waals surface area contributed by atoms with Gasteiger partial charge in [0.25, 0.3) is 5.92 Å². The van der Waals surface area contributed by atoms with Gasteiger partial charge in [-0.2, -0.15) is 0 Å². The van der Waals surface area contributed by atoms with Crippen LogP contribution >= 0.6 is 11.9 Å². The first-order valence-corrected chi connectivity index (χ1v) is 7.64. The Labute approximate surface area is 129 Å². The molecule has 0 unspecified atom stereocenters. The predicted molar refractivity (Wildman–Crippen MR) is 84.7 cm³/mol. The molecule has 0 bridgehead atoms. The van der Waals surface area contributed by atoms with Gasteiger partial charge in [0, 0.05) is 16.2 Å². The first-order chi connectivity index (χ1) is 9.47. The number of halogens is 3. The minimum atomic E-state index is -3.20. The van der Waals surface area contributed by atoms with Crippen LogP contribution in [0.3, 0.4) is 0 Å². The van der Waals surface area contributed by atoms with Crippen LogP contribution in [0, 0.1) is 11.7 Å². The average Bonchev–Trinajstić information content (AvgIpc) is 2.34. The largest absolute Gasteiger partial charge is 0.278 e. The Morgan fingerprint density at radius 2 is 1.76 bits per heavy atom. The lowest BCUT2D eigenvalue weighted by Crippen LogP contribution is -2.23. The second kappa shape index (κ2) is 6.42. The molecule has 0 atom stereocenters. The summed E-state index contributed by atoms with van der Waals surface area (Å²) in [4.78, 5) is 0. The highest BCUT2D eigenvalue weighted by molar-refractivity contribution is 7.99. The van der Waals surface area contributed by atoms with Crippen molar-refractivity contribution < 1.29 is 13.2 Å². The number of nitrogens with zero attached hydrogens (tertiary/aromatic N) is 1. The molecule has 0 spiro atoms. The van der Waals surface area contributed by atoms with Crippen molar-refractivity contribution in [3.05, 3.63) is 35.1 Å². The number of hydrogen-bond donors (Lipinski definition) is 0. The van der Waals surface area contributed by atoms with Crippen molar-refractivity contribution in [3.63, 3.8) is 0 Å². The van der Waals surface area contributed by atoms with E-state index in [1.54, 1.807) is 6.92 Å². The molecule has 1 nitrogen and oxygen atoms in total. The molecule has 0 amide bonds. The van der Waals surface area contributed by atoms with Gasteiger partial charge in [-0.3, -0.25) is 0 Å². The maximum atomic E-state index is 14.4. The molecule has 118 valence electrons. The van der Waals surface area contributed by atoms with Gasteiger partial charge in [0.05, 0.1) is 11.3 Å². The summed E-state index contributed by atoms with van der Waals surface area (Å²) in [5.41, 5.74) is -0.0243. The third kappa shape index (κ3) is 4.50. The quantitative estimate of drug-likeness (QED) is 0.503. The standard InChI is InChI=1S/C16H22F3NS/c1-10(2)16(18,19)13-9-7-8-12(14(13)17)11(3)20-21-15(4,5)6/h7-10H,1-6H3. The molecule has 0 saturated heterocycles. The van der Waals surface area contributed by atoms with Gasteiger partial charge in [0.1, 0.15) is 5.82 Å². The normalized spacial score (nSPS) is 13.9. The van der Waals surface area contributed by atoms with Crippen LogP contribution in [0.1, 0.15) is 52.7 Å². The molecular formula is C16H22F3NS. The Balaban J connectivity index is 3.23. The van der Waals surface area contributed by atoms with Crippen LogP contribution < -0.4 is 0 Å². The van der Waals surface area contributed by atoms with E-state index in [1.165, 1.54) is 37.9 Å². The summed E-state index contributed by atoms with van der Waals surface area (Å²) < 4.78 is 46.7. The van der Waals surface area contributed by atoms with Crippen molar-refractivity contribution in [2.45, 2.75) is 52.2 Å². The first kappa shape index (κ1) is 18.1. The first-order valence-electron chi connectivity index (χ1n) is 6.86. The minimum Gasteiger partial charge on any atom is -0.220 e. The van der Waals surface area contributed by atoms with Gasteiger partial charge in [0.15, 0.2) is 0 Å². The van der Waals surface area contributed by atoms with Crippen molar-refractivity contribution in [2.75, 3.05) is 0 Å². The maximum Gasteiger partial charge on any atom is 0.278 e. The van der Waals surface area contributed by atoms with Crippen molar-refractivity contribution in [1.82, 2.24) is 0 Å². The van der Waals surface area contributed by atoms with E-state index >= 15 is 0 Å². The van der Waals surface area contributed by atoms with Crippen LogP contribution in [0.2, 0.25) is 0 Å².